The van der Waals surface area contributed by atoms with Crippen molar-refractivity contribution >= 4 is 34.9 Å². The molecule has 0 aliphatic heterocycles. The lowest BCUT2D eigenvalue weighted by atomic mass is 9.74. The van der Waals surface area contributed by atoms with Crippen LogP contribution in [0.5, 0.6) is 0 Å². The Morgan fingerprint density at radius 3 is 2.95 bits per heavy atom. The van der Waals surface area contributed by atoms with Gasteiger partial charge in [-0.15, -0.1) is 12.4 Å². The number of fused-ring (bicyclic) bond motifs is 1. The number of anilines is 1. The first-order valence-corrected chi connectivity index (χ1v) is 7.51. The summed E-state index contributed by atoms with van der Waals surface area (Å²) in [4.78, 5) is 12.6. The summed E-state index contributed by atoms with van der Waals surface area (Å²) >= 11 is 0. The average Bonchev–Trinajstić information content (AvgIpc) is 2.91. The number of rotatable bonds is 2. The van der Waals surface area contributed by atoms with Crippen LogP contribution in [0.3, 0.4) is 0 Å². The van der Waals surface area contributed by atoms with Crippen LogP contribution in [0.15, 0.2) is 18.3 Å². The van der Waals surface area contributed by atoms with Gasteiger partial charge < -0.3 is 11.1 Å². The maximum absolute atomic E-state index is 12.6. The van der Waals surface area contributed by atoms with Crippen LogP contribution >= 0.6 is 12.4 Å². The summed E-state index contributed by atoms with van der Waals surface area (Å²) in [5.41, 5.74) is 8.68. The molecular weight excluding hydrogens is 300 g/mol. The van der Waals surface area contributed by atoms with Crippen LogP contribution in [0, 0.1) is 12.8 Å². The summed E-state index contributed by atoms with van der Waals surface area (Å²) in [5.74, 6) is -0.120. The Bertz CT molecular complexity index is 680. The second-order valence-electron chi connectivity index (χ2n) is 6.38. The number of hydrogen-bond acceptors (Lipinski definition) is 3. The van der Waals surface area contributed by atoms with Crippen molar-refractivity contribution in [2.75, 3.05) is 5.32 Å². The van der Waals surface area contributed by atoms with Gasteiger partial charge in [-0.25, -0.2) is 0 Å². The average molecular weight is 323 g/mol. The van der Waals surface area contributed by atoms with Crippen molar-refractivity contribution in [2.24, 2.45) is 11.7 Å². The fraction of sp³-hybridized carbons (Fsp3) is 0.500. The number of H-pyrrole nitrogens is 1. The first-order valence-electron chi connectivity index (χ1n) is 7.51. The van der Waals surface area contributed by atoms with Crippen molar-refractivity contribution < 1.29 is 4.79 Å². The molecule has 1 aliphatic carbocycles. The highest BCUT2D eigenvalue weighted by molar-refractivity contribution is 6.02. The maximum atomic E-state index is 12.6. The van der Waals surface area contributed by atoms with Gasteiger partial charge in [0.05, 0.1) is 23.3 Å². The fourth-order valence-electron chi connectivity index (χ4n) is 3.28. The lowest BCUT2D eigenvalue weighted by Crippen LogP contribution is -2.51. The molecule has 4 N–H and O–H groups in total. The lowest BCUT2D eigenvalue weighted by molar-refractivity contribution is -0.122. The van der Waals surface area contributed by atoms with E-state index >= 15 is 0 Å². The molecule has 1 aromatic heterocycles. The van der Waals surface area contributed by atoms with Gasteiger partial charge in [-0.3, -0.25) is 9.89 Å². The molecule has 22 heavy (non-hydrogen) atoms. The molecular formula is C16H23ClN4O. The molecule has 2 aromatic rings. The van der Waals surface area contributed by atoms with Crippen molar-refractivity contribution in [3.63, 3.8) is 0 Å². The van der Waals surface area contributed by atoms with Crippen LogP contribution in [0.25, 0.3) is 10.9 Å². The van der Waals surface area contributed by atoms with Gasteiger partial charge >= 0.3 is 0 Å². The van der Waals surface area contributed by atoms with Crippen LogP contribution in [0.4, 0.5) is 5.69 Å². The molecule has 1 heterocycles. The molecule has 5 nitrogen and oxygen atoms in total. The van der Waals surface area contributed by atoms with Crippen molar-refractivity contribution in [1.82, 2.24) is 10.2 Å². The Morgan fingerprint density at radius 1 is 1.45 bits per heavy atom. The van der Waals surface area contributed by atoms with Gasteiger partial charge in [0.25, 0.3) is 0 Å². The van der Waals surface area contributed by atoms with Crippen molar-refractivity contribution in [1.29, 1.82) is 0 Å². The summed E-state index contributed by atoms with van der Waals surface area (Å²) in [6.07, 6.45) is 5.72. The number of aryl methyl sites for hydroxylation is 1. The minimum absolute atomic E-state index is 0. The van der Waals surface area contributed by atoms with Crippen LogP contribution in [0.1, 0.15) is 38.2 Å². The molecule has 2 atom stereocenters. The number of aromatic nitrogens is 2. The highest BCUT2D eigenvalue weighted by atomic mass is 35.5. The van der Waals surface area contributed by atoms with Gasteiger partial charge in [-0.1, -0.05) is 18.9 Å². The number of halogens is 1. The topological polar surface area (TPSA) is 83.8 Å². The van der Waals surface area contributed by atoms with E-state index in [4.69, 9.17) is 5.73 Å². The van der Waals surface area contributed by atoms with Gasteiger partial charge in [0.15, 0.2) is 0 Å². The normalized spacial score (nSPS) is 24.8. The molecule has 6 heteroatoms. The standard InChI is InChI=1S/C16H22N4O.ClH/c1-10-6-7-13(14-11(10)9-18-20-14)19-15(21)12-5-3-4-8-16(12,2)17;/h6-7,9,12H,3-5,8,17H2,1-2H3,(H,18,20)(H,19,21);1H. The van der Waals surface area contributed by atoms with E-state index in [0.717, 1.165) is 47.8 Å². The second kappa shape index (κ2) is 6.26. The molecule has 0 spiro atoms. The first-order chi connectivity index (χ1) is 9.99. The Kier molecular flexibility index (Phi) is 4.78. The number of nitrogens with one attached hydrogen (secondary N) is 2. The van der Waals surface area contributed by atoms with Crippen molar-refractivity contribution in [2.45, 2.75) is 45.1 Å². The van der Waals surface area contributed by atoms with E-state index in [-0.39, 0.29) is 24.2 Å². The zero-order chi connectivity index (χ0) is 15.0. The predicted molar refractivity (Wildman–Crippen MR) is 91.3 cm³/mol. The number of nitrogens with two attached hydrogens (primary N) is 1. The predicted octanol–water partition coefficient (Wildman–Crippen LogP) is 3.14. The summed E-state index contributed by atoms with van der Waals surface area (Å²) in [6.45, 7) is 4.01. The third kappa shape index (κ3) is 2.96. The summed E-state index contributed by atoms with van der Waals surface area (Å²) in [6, 6.07) is 3.92. The molecule has 3 rings (SSSR count). The molecule has 1 fully saturated rings. The van der Waals surface area contributed by atoms with E-state index in [2.05, 4.69) is 15.5 Å². The lowest BCUT2D eigenvalue weighted by Gasteiger charge is -2.37. The van der Waals surface area contributed by atoms with Crippen LogP contribution in [-0.2, 0) is 4.79 Å². The number of carbonyl (C=O) groups excluding carboxylic acids is 1. The van der Waals surface area contributed by atoms with Gasteiger partial charge in [-0.2, -0.15) is 5.10 Å². The molecule has 0 radical (unpaired) electrons. The van der Waals surface area contributed by atoms with Crippen LogP contribution in [0.2, 0.25) is 0 Å². The van der Waals surface area contributed by atoms with E-state index in [1.807, 2.05) is 26.0 Å². The number of carbonyl (C=O) groups is 1. The zero-order valence-electron chi connectivity index (χ0n) is 13.0. The highest BCUT2D eigenvalue weighted by Gasteiger charge is 2.37. The molecule has 0 saturated heterocycles. The van der Waals surface area contributed by atoms with Crippen LogP contribution < -0.4 is 11.1 Å². The molecule has 2 unspecified atom stereocenters. The number of amides is 1. The second-order valence-corrected chi connectivity index (χ2v) is 6.38. The minimum Gasteiger partial charge on any atom is -0.325 e. The van der Waals surface area contributed by atoms with E-state index in [9.17, 15) is 4.79 Å². The Morgan fingerprint density at radius 2 is 2.23 bits per heavy atom. The molecule has 0 bridgehead atoms. The van der Waals surface area contributed by atoms with Gasteiger partial charge in [0, 0.05) is 10.9 Å². The van der Waals surface area contributed by atoms with E-state index in [0.29, 0.717) is 0 Å². The summed E-state index contributed by atoms with van der Waals surface area (Å²) in [5, 5.41) is 11.1. The molecule has 120 valence electrons. The monoisotopic (exact) mass is 322 g/mol. The van der Waals surface area contributed by atoms with Crippen molar-refractivity contribution in [3.8, 4) is 0 Å². The quantitative estimate of drug-likeness (QED) is 0.794. The summed E-state index contributed by atoms with van der Waals surface area (Å²) in [7, 11) is 0. The highest BCUT2D eigenvalue weighted by Crippen LogP contribution is 2.33. The van der Waals surface area contributed by atoms with E-state index in [1.165, 1.54) is 0 Å². The third-order valence-electron chi connectivity index (χ3n) is 4.66. The SMILES string of the molecule is Cc1ccc(NC(=O)C2CCCCC2(C)N)c2[nH]ncc12.Cl. The van der Waals surface area contributed by atoms with Crippen molar-refractivity contribution in [3.05, 3.63) is 23.9 Å². The number of hydrogen-bond donors (Lipinski definition) is 3. The largest absolute Gasteiger partial charge is 0.325 e. The Balaban J connectivity index is 0.00000176. The first kappa shape index (κ1) is 16.8. The van der Waals surface area contributed by atoms with Gasteiger partial charge in [-0.05, 0) is 38.3 Å². The molecule has 1 aliphatic rings. The fourth-order valence-corrected chi connectivity index (χ4v) is 3.28. The zero-order valence-corrected chi connectivity index (χ0v) is 13.8. The molecule has 1 amide bonds. The number of aromatic amines is 1. The van der Waals surface area contributed by atoms with Crippen LogP contribution in [-0.4, -0.2) is 21.6 Å². The molecule has 1 saturated carbocycles. The van der Waals surface area contributed by atoms with E-state index in [1.54, 1.807) is 6.20 Å². The summed E-state index contributed by atoms with van der Waals surface area (Å²) < 4.78 is 0. The third-order valence-corrected chi connectivity index (χ3v) is 4.66. The number of benzene rings is 1. The maximum Gasteiger partial charge on any atom is 0.229 e. The van der Waals surface area contributed by atoms with E-state index < -0.39 is 5.54 Å². The Hall–Kier alpha value is -1.59. The van der Waals surface area contributed by atoms with Gasteiger partial charge in [0.2, 0.25) is 5.91 Å². The molecule has 1 aromatic carbocycles. The minimum atomic E-state index is -0.417. The van der Waals surface area contributed by atoms with Gasteiger partial charge in [0.1, 0.15) is 0 Å². The smallest absolute Gasteiger partial charge is 0.229 e. The Labute approximate surface area is 136 Å². The number of nitrogens with zero attached hydrogens (tertiary/aromatic N) is 1.